The molecule has 13 heavy (non-hydrogen) atoms. The number of hydrogen-bond acceptors (Lipinski definition) is 1. The van der Waals surface area contributed by atoms with Crippen molar-refractivity contribution in [3.8, 4) is 0 Å². The van der Waals surface area contributed by atoms with Crippen LogP contribution in [0.5, 0.6) is 0 Å². The van der Waals surface area contributed by atoms with Crippen molar-refractivity contribution in [1.82, 2.24) is 4.90 Å². The average Bonchev–Trinajstić information content (AvgIpc) is 2.11. The third-order valence-corrected chi connectivity index (χ3v) is 2.25. The van der Waals surface area contributed by atoms with Crippen LogP contribution in [-0.4, -0.2) is 11.9 Å². The Morgan fingerprint density at radius 3 is 2.23 bits per heavy atom. The fraction of sp³-hybridized carbons (Fsp3) is 0.500. The second kappa shape index (κ2) is 5.63. The molecule has 0 saturated heterocycles. The summed E-state index contributed by atoms with van der Waals surface area (Å²) < 4.78 is 0. The van der Waals surface area contributed by atoms with Crippen molar-refractivity contribution in [3.63, 3.8) is 0 Å². The van der Waals surface area contributed by atoms with E-state index in [-0.39, 0.29) is 0 Å². The fourth-order valence-corrected chi connectivity index (χ4v) is 1.08. The molecule has 0 N–H and O–H groups in total. The first kappa shape index (κ1) is 12.0. The summed E-state index contributed by atoms with van der Waals surface area (Å²) in [5.41, 5.74) is 2.63. The van der Waals surface area contributed by atoms with Crippen LogP contribution < -0.4 is 0 Å². The molecule has 0 fully saturated rings. The van der Waals surface area contributed by atoms with Gasteiger partial charge in [-0.1, -0.05) is 26.5 Å². The van der Waals surface area contributed by atoms with Gasteiger partial charge in [0.1, 0.15) is 0 Å². The van der Waals surface area contributed by atoms with Crippen molar-refractivity contribution in [2.24, 2.45) is 5.92 Å². The van der Waals surface area contributed by atoms with E-state index in [1.807, 2.05) is 20.2 Å². The Bertz CT molecular complexity index is 221. The molecule has 1 heteroatoms. The summed E-state index contributed by atoms with van der Waals surface area (Å²) in [6.07, 6.45) is 6.01. The van der Waals surface area contributed by atoms with Crippen molar-refractivity contribution in [3.05, 3.63) is 36.2 Å². The van der Waals surface area contributed by atoms with Gasteiger partial charge in [0.05, 0.1) is 0 Å². The van der Waals surface area contributed by atoms with Gasteiger partial charge in [-0.2, -0.15) is 0 Å². The molecule has 0 atom stereocenters. The minimum absolute atomic E-state index is 0.577. The first-order valence-electron chi connectivity index (χ1n) is 4.73. The maximum atomic E-state index is 3.76. The van der Waals surface area contributed by atoms with Crippen molar-refractivity contribution < 1.29 is 0 Å². The van der Waals surface area contributed by atoms with Crippen LogP contribution in [0.1, 0.15) is 27.7 Å². The van der Waals surface area contributed by atoms with E-state index in [2.05, 4.69) is 44.4 Å². The third kappa shape index (κ3) is 3.49. The molecule has 0 saturated carbocycles. The molecule has 0 heterocycles. The Kier molecular flexibility index (Phi) is 5.20. The predicted octanol–water partition coefficient (Wildman–Crippen LogP) is 3.57. The Hall–Kier alpha value is -0.980. The van der Waals surface area contributed by atoms with Crippen molar-refractivity contribution in [2.45, 2.75) is 27.7 Å². The molecule has 0 bridgehead atoms. The highest BCUT2D eigenvalue weighted by molar-refractivity contribution is 5.25. The average molecular weight is 179 g/mol. The van der Waals surface area contributed by atoms with E-state index in [1.54, 1.807) is 0 Å². The van der Waals surface area contributed by atoms with Gasteiger partial charge in [0.25, 0.3) is 0 Å². The summed E-state index contributed by atoms with van der Waals surface area (Å²) in [5, 5.41) is 0. The van der Waals surface area contributed by atoms with E-state index in [0.717, 1.165) is 0 Å². The van der Waals surface area contributed by atoms with E-state index in [9.17, 15) is 0 Å². The molecule has 0 aliphatic heterocycles. The van der Waals surface area contributed by atoms with Crippen LogP contribution in [0, 0.1) is 5.92 Å². The van der Waals surface area contributed by atoms with E-state index >= 15 is 0 Å². The SMILES string of the molecule is C=CN(C)C(/C=C\C)=C(/C)C(C)C. The zero-order chi connectivity index (χ0) is 10.4. The van der Waals surface area contributed by atoms with E-state index < -0.39 is 0 Å². The van der Waals surface area contributed by atoms with Gasteiger partial charge in [-0.15, -0.1) is 0 Å². The molecule has 0 radical (unpaired) electrons. The van der Waals surface area contributed by atoms with Crippen LogP contribution in [0.3, 0.4) is 0 Å². The van der Waals surface area contributed by atoms with Crippen molar-refractivity contribution in [1.29, 1.82) is 0 Å². The molecule has 1 nitrogen and oxygen atoms in total. The van der Waals surface area contributed by atoms with Crippen LogP contribution in [0.2, 0.25) is 0 Å². The van der Waals surface area contributed by atoms with Crippen molar-refractivity contribution >= 4 is 0 Å². The van der Waals surface area contributed by atoms with Crippen LogP contribution in [-0.2, 0) is 0 Å². The second-order valence-electron chi connectivity index (χ2n) is 3.52. The minimum atomic E-state index is 0.577. The summed E-state index contributed by atoms with van der Waals surface area (Å²) in [6, 6.07) is 0. The smallest absolute Gasteiger partial charge is 0.0391 e. The van der Waals surface area contributed by atoms with Gasteiger partial charge in [0.15, 0.2) is 0 Å². The lowest BCUT2D eigenvalue weighted by Crippen LogP contribution is -2.11. The fourth-order valence-electron chi connectivity index (χ4n) is 1.08. The van der Waals surface area contributed by atoms with Gasteiger partial charge >= 0.3 is 0 Å². The first-order valence-corrected chi connectivity index (χ1v) is 4.73. The Balaban J connectivity index is 4.98. The van der Waals surface area contributed by atoms with E-state index in [4.69, 9.17) is 0 Å². The highest BCUT2D eigenvalue weighted by Gasteiger charge is 2.05. The largest absolute Gasteiger partial charge is 0.352 e. The zero-order valence-corrected chi connectivity index (χ0v) is 9.46. The number of nitrogens with zero attached hydrogens (tertiary/aromatic N) is 1. The molecule has 0 spiro atoms. The second-order valence-corrected chi connectivity index (χ2v) is 3.52. The Labute approximate surface area is 82.4 Å². The van der Waals surface area contributed by atoms with Gasteiger partial charge < -0.3 is 4.90 Å². The van der Waals surface area contributed by atoms with Crippen LogP contribution in [0.25, 0.3) is 0 Å². The molecule has 0 amide bonds. The summed E-state index contributed by atoms with van der Waals surface area (Å²) in [6.45, 7) is 12.4. The molecule has 0 aromatic carbocycles. The Morgan fingerprint density at radius 2 is 1.92 bits per heavy atom. The molecular weight excluding hydrogens is 158 g/mol. The number of hydrogen-bond donors (Lipinski definition) is 0. The highest BCUT2D eigenvalue weighted by atomic mass is 15.1. The molecule has 0 unspecified atom stereocenters. The van der Waals surface area contributed by atoms with E-state index in [1.165, 1.54) is 11.3 Å². The standard InChI is InChI=1S/C12H21N/c1-7-9-12(13(6)8-2)11(5)10(3)4/h7-10H,2H2,1,3-6H3/b9-7-,12-11-. The lowest BCUT2D eigenvalue weighted by Gasteiger charge is -2.20. The lowest BCUT2D eigenvalue weighted by atomic mass is 10.0. The topological polar surface area (TPSA) is 3.24 Å². The summed E-state index contributed by atoms with van der Waals surface area (Å²) >= 11 is 0. The molecular formula is C12H21N. The van der Waals surface area contributed by atoms with Crippen molar-refractivity contribution in [2.75, 3.05) is 7.05 Å². The quantitative estimate of drug-likeness (QED) is 0.596. The monoisotopic (exact) mass is 179 g/mol. The molecule has 0 aromatic heterocycles. The highest BCUT2D eigenvalue weighted by Crippen LogP contribution is 2.17. The number of likely N-dealkylation sites (N-methyl/N-ethyl adjacent to an activating group) is 1. The normalized spacial score (nSPS) is 13.4. The summed E-state index contributed by atoms with van der Waals surface area (Å²) in [5.74, 6) is 0.577. The zero-order valence-electron chi connectivity index (χ0n) is 9.46. The maximum Gasteiger partial charge on any atom is 0.0391 e. The molecule has 0 rings (SSSR count). The van der Waals surface area contributed by atoms with Gasteiger partial charge in [-0.05, 0) is 37.6 Å². The van der Waals surface area contributed by atoms with Crippen LogP contribution in [0.15, 0.2) is 36.2 Å². The molecule has 0 aromatic rings. The van der Waals surface area contributed by atoms with Gasteiger partial charge in [-0.25, -0.2) is 0 Å². The maximum absolute atomic E-state index is 3.76. The molecule has 0 aliphatic carbocycles. The number of allylic oxidation sites excluding steroid dienone is 3. The predicted molar refractivity (Wildman–Crippen MR) is 60.3 cm³/mol. The van der Waals surface area contributed by atoms with Crippen LogP contribution in [0.4, 0.5) is 0 Å². The van der Waals surface area contributed by atoms with Gasteiger partial charge in [-0.3, -0.25) is 0 Å². The summed E-state index contributed by atoms with van der Waals surface area (Å²) in [7, 11) is 2.02. The molecule has 74 valence electrons. The van der Waals surface area contributed by atoms with Gasteiger partial charge in [0.2, 0.25) is 0 Å². The van der Waals surface area contributed by atoms with Crippen LogP contribution >= 0.6 is 0 Å². The molecule has 0 aliphatic rings. The van der Waals surface area contributed by atoms with E-state index in [0.29, 0.717) is 5.92 Å². The minimum Gasteiger partial charge on any atom is -0.352 e. The number of rotatable bonds is 4. The van der Waals surface area contributed by atoms with Gasteiger partial charge in [0, 0.05) is 12.7 Å². The Morgan fingerprint density at radius 1 is 1.38 bits per heavy atom. The third-order valence-electron chi connectivity index (χ3n) is 2.25. The summed E-state index contributed by atoms with van der Waals surface area (Å²) in [4.78, 5) is 2.05. The first-order chi connectivity index (χ1) is 6.04. The lowest BCUT2D eigenvalue weighted by molar-refractivity contribution is 0.565.